The number of aromatic nitrogens is 2. The van der Waals surface area contributed by atoms with Gasteiger partial charge < -0.3 is 10.2 Å². The van der Waals surface area contributed by atoms with Gasteiger partial charge in [-0.3, -0.25) is 0 Å². The zero-order valence-electron chi connectivity index (χ0n) is 13.6. The molecule has 0 unspecified atom stereocenters. The van der Waals surface area contributed by atoms with Crippen molar-refractivity contribution in [1.29, 1.82) is 0 Å². The summed E-state index contributed by atoms with van der Waals surface area (Å²) in [5, 5.41) is 4.38. The van der Waals surface area contributed by atoms with Crippen molar-refractivity contribution >= 4 is 38.3 Å². The summed E-state index contributed by atoms with van der Waals surface area (Å²) in [5.41, 5.74) is 1.53. The lowest BCUT2D eigenvalue weighted by atomic mass is 10.0. The number of fused-ring (bicyclic) bond motifs is 1. The monoisotopic (exact) mass is 400 g/mol. The van der Waals surface area contributed by atoms with Crippen molar-refractivity contribution in [1.82, 2.24) is 9.97 Å². The fourth-order valence-corrected chi connectivity index (χ4v) is 3.66. The normalized spacial score (nSPS) is 15.5. The van der Waals surface area contributed by atoms with E-state index in [1.165, 1.54) is 6.07 Å². The molecular weight excluding hydrogens is 383 g/mol. The van der Waals surface area contributed by atoms with Gasteiger partial charge in [0.05, 0.1) is 11.2 Å². The Kier molecular flexibility index (Phi) is 4.53. The Bertz CT molecular complexity index is 893. The number of nitrogens with one attached hydrogen (secondary N) is 1. The van der Waals surface area contributed by atoms with Crippen molar-refractivity contribution in [2.45, 2.75) is 18.9 Å². The van der Waals surface area contributed by atoms with Gasteiger partial charge in [0, 0.05) is 29.0 Å². The minimum atomic E-state index is -0.198. The molecule has 0 amide bonds. The second-order valence-electron chi connectivity index (χ2n) is 6.24. The van der Waals surface area contributed by atoms with E-state index >= 15 is 0 Å². The third-order valence-corrected chi connectivity index (χ3v) is 5.10. The van der Waals surface area contributed by atoms with Crippen molar-refractivity contribution in [2.24, 2.45) is 0 Å². The van der Waals surface area contributed by atoms with Gasteiger partial charge in [-0.25, -0.2) is 14.4 Å². The molecule has 0 spiro atoms. The molecule has 1 aromatic heterocycles. The number of benzene rings is 2. The summed E-state index contributed by atoms with van der Waals surface area (Å²) in [6.45, 7) is 1.76. The van der Waals surface area contributed by atoms with Crippen molar-refractivity contribution in [3.63, 3.8) is 0 Å². The van der Waals surface area contributed by atoms with E-state index in [-0.39, 0.29) is 11.9 Å². The maximum absolute atomic E-state index is 13.8. The Morgan fingerprint density at radius 3 is 2.68 bits per heavy atom. The Labute approximate surface area is 154 Å². The van der Waals surface area contributed by atoms with E-state index in [1.807, 2.05) is 18.2 Å². The van der Waals surface area contributed by atoms with E-state index in [0.29, 0.717) is 5.69 Å². The van der Waals surface area contributed by atoms with Crippen LogP contribution in [-0.4, -0.2) is 29.1 Å². The lowest BCUT2D eigenvalue weighted by Crippen LogP contribution is -2.39. The van der Waals surface area contributed by atoms with Gasteiger partial charge in [0.25, 0.3) is 0 Å². The molecule has 0 bridgehead atoms. The summed E-state index contributed by atoms with van der Waals surface area (Å²) in [4.78, 5) is 11.1. The second kappa shape index (κ2) is 6.96. The standard InChI is InChI=1S/C19H18BrFN4/c20-13-5-6-17-15(11-13)19(23-12-22-17)25-9-7-14(8-10-25)24-18-4-2-1-3-16(18)21/h1-6,11-12,14,24H,7-10H2. The summed E-state index contributed by atoms with van der Waals surface area (Å²) >= 11 is 3.52. The fourth-order valence-electron chi connectivity index (χ4n) is 3.30. The molecule has 3 aromatic rings. The molecule has 0 radical (unpaired) electrons. The zero-order valence-corrected chi connectivity index (χ0v) is 15.2. The highest BCUT2D eigenvalue weighted by molar-refractivity contribution is 9.10. The van der Waals surface area contributed by atoms with Gasteiger partial charge in [0.1, 0.15) is 18.0 Å². The number of halogens is 2. The summed E-state index contributed by atoms with van der Waals surface area (Å²) < 4.78 is 14.8. The topological polar surface area (TPSA) is 41.0 Å². The van der Waals surface area contributed by atoms with Gasteiger partial charge in [0.15, 0.2) is 0 Å². The highest BCUT2D eigenvalue weighted by Gasteiger charge is 2.22. The van der Waals surface area contributed by atoms with Gasteiger partial charge in [-0.05, 0) is 43.2 Å². The van der Waals surface area contributed by atoms with Crippen LogP contribution in [0.4, 0.5) is 15.9 Å². The van der Waals surface area contributed by atoms with Crippen molar-refractivity contribution in [2.75, 3.05) is 23.3 Å². The van der Waals surface area contributed by atoms with Crippen LogP contribution in [0.1, 0.15) is 12.8 Å². The van der Waals surface area contributed by atoms with Crippen LogP contribution in [0.2, 0.25) is 0 Å². The average molecular weight is 401 g/mol. The van der Waals surface area contributed by atoms with Crippen LogP contribution in [0, 0.1) is 5.82 Å². The van der Waals surface area contributed by atoms with Crippen LogP contribution in [-0.2, 0) is 0 Å². The van der Waals surface area contributed by atoms with E-state index in [2.05, 4.69) is 42.2 Å². The number of anilines is 2. The van der Waals surface area contributed by atoms with Crippen LogP contribution in [0.25, 0.3) is 10.9 Å². The molecule has 1 aliphatic rings. The molecule has 25 heavy (non-hydrogen) atoms. The van der Waals surface area contributed by atoms with Crippen LogP contribution >= 0.6 is 15.9 Å². The molecule has 6 heteroatoms. The molecule has 4 rings (SSSR count). The summed E-state index contributed by atoms with van der Waals surface area (Å²) in [7, 11) is 0. The van der Waals surface area contributed by atoms with Gasteiger partial charge in [-0.15, -0.1) is 0 Å². The highest BCUT2D eigenvalue weighted by atomic mass is 79.9. The number of para-hydroxylation sites is 1. The van der Waals surface area contributed by atoms with Crippen molar-refractivity contribution in [3.05, 3.63) is 59.1 Å². The Morgan fingerprint density at radius 2 is 1.88 bits per heavy atom. The lowest BCUT2D eigenvalue weighted by Gasteiger charge is -2.34. The number of piperidine rings is 1. The summed E-state index contributed by atoms with van der Waals surface area (Å²) in [6.07, 6.45) is 3.50. The molecule has 1 aliphatic heterocycles. The van der Waals surface area contributed by atoms with Gasteiger partial charge in [-0.1, -0.05) is 28.1 Å². The minimum Gasteiger partial charge on any atom is -0.380 e. The number of nitrogens with zero attached hydrogens (tertiary/aromatic N) is 3. The maximum atomic E-state index is 13.8. The quantitative estimate of drug-likeness (QED) is 0.696. The predicted molar refractivity (Wildman–Crippen MR) is 102 cm³/mol. The van der Waals surface area contributed by atoms with Crippen LogP contribution < -0.4 is 10.2 Å². The molecule has 2 aromatic carbocycles. The van der Waals surface area contributed by atoms with Gasteiger partial charge >= 0.3 is 0 Å². The lowest BCUT2D eigenvalue weighted by molar-refractivity contribution is 0.520. The van der Waals surface area contributed by atoms with Gasteiger partial charge in [0.2, 0.25) is 0 Å². The maximum Gasteiger partial charge on any atom is 0.146 e. The smallest absolute Gasteiger partial charge is 0.146 e. The predicted octanol–water partition coefficient (Wildman–Crippen LogP) is 4.61. The van der Waals surface area contributed by atoms with E-state index in [1.54, 1.807) is 18.5 Å². The number of hydrogen-bond acceptors (Lipinski definition) is 4. The SMILES string of the molecule is Fc1ccccc1NC1CCN(c2ncnc3ccc(Br)cc23)CC1. The molecule has 0 saturated carbocycles. The van der Waals surface area contributed by atoms with E-state index in [4.69, 9.17) is 0 Å². The van der Waals surface area contributed by atoms with Gasteiger partial charge in [-0.2, -0.15) is 0 Å². The highest BCUT2D eigenvalue weighted by Crippen LogP contribution is 2.28. The first-order chi connectivity index (χ1) is 12.2. The van der Waals surface area contributed by atoms with E-state index in [0.717, 1.165) is 47.1 Å². The number of rotatable bonds is 3. The molecular formula is C19H18BrFN4. The summed E-state index contributed by atoms with van der Waals surface area (Å²) in [5.74, 6) is 0.771. The molecule has 128 valence electrons. The van der Waals surface area contributed by atoms with Crippen molar-refractivity contribution in [3.8, 4) is 0 Å². The fraction of sp³-hybridized carbons (Fsp3) is 0.263. The molecule has 1 fully saturated rings. The minimum absolute atomic E-state index is 0.198. The Morgan fingerprint density at radius 1 is 1.08 bits per heavy atom. The van der Waals surface area contributed by atoms with Crippen LogP contribution in [0.5, 0.6) is 0 Å². The molecule has 0 aliphatic carbocycles. The van der Waals surface area contributed by atoms with Crippen molar-refractivity contribution < 1.29 is 4.39 Å². The molecule has 4 nitrogen and oxygen atoms in total. The molecule has 1 N–H and O–H groups in total. The largest absolute Gasteiger partial charge is 0.380 e. The zero-order chi connectivity index (χ0) is 17.2. The molecule has 0 atom stereocenters. The average Bonchev–Trinajstić information content (AvgIpc) is 2.64. The third kappa shape index (κ3) is 3.44. The first kappa shape index (κ1) is 16.3. The summed E-state index contributed by atoms with van der Waals surface area (Å²) in [6, 6.07) is 13.2. The Hall–Kier alpha value is -2.21. The second-order valence-corrected chi connectivity index (χ2v) is 7.16. The molecule has 1 saturated heterocycles. The van der Waals surface area contributed by atoms with E-state index in [9.17, 15) is 4.39 Å². The molecule has 2 heterocycles. The number of hydrogen-bond donors (Lipinski definition) is 1. The van der Waals surface area contributed by atoms with Crippen LogP contribution in [0.15, 0.2) is 53.3 Å². The first-order valence-corrected chi connectivity index (χ1v) is 9.16. The van der Waals surface area contributed by atoms with Crippen LogP contribution in [0.3, 0.4) is 0 Å². The first-order valence-electron chi connectivity index (χ1n) is 8.37. The third-order valence-electron chi connectivity index (χ3n) is 4.60. The van der Waals surface area contributed by atoms with E-state index < -0.39 is 0 Å². The Balaban J connectivity index is 1.49.